The highest BCUT2D eigenvalue weighted by molar-refractivity contribution is 7.07. The Hall–Kier alpha value is -0.870. The Morgan fingerprint density at radius 1 is 1.64 bits per heavy atom. The summed E-state index contributed by atoms with van der Waals surface area (Å²) in [6.07, 6.45) is 1.68. The quantitative estimate of drug-likeness (QED) is 0.770. The molecule has 0 aliphatic carbocycles. The predicted octanol–water partition coefficient (Wildman–Crippen LogP) is 0.769. The van der Waals surface area contributed by atoms with Gasteiger partial charge in [-0.25, -0.2) is 0 Å². The molecule has 0 spiro atoms. The van der Waals surface area contributed by atoms with E-state index in [-0.39, 0.29) is 5.91 Å². The van der Waals surface area contributed by atoms with E-state index in [1.54, 1.807) is 11.3 Å². The Bertz CT molecular complexity index is 297. The average molecular weight is 210 g/mol. The van der Waals surface area contributed by atoms with Gasteiger partial charge in [0.2, 0.25) is 5.91 Å². The van der Waals surface area contributed by atoms with Crippen LogP contribution >= 0.6 is 11.3 Å². The van der Waals surface area contributed by atoms with E-state index in [0.717, 1.165) is 19.5 Å². The normalized spacial score (nSPS) is 21.1. The number of amides is 1. The fourth-order valence-electron chi connectivity index (χ4n) is 1.61. The lowest BCUT2D eigenvalue weighted by Crippen LogP contribution is -2.32. The first-order chi connectivity index (χ1) is 6.84. The minimum Gasteiger partial charge on any atom is -0.354 e. The van der Waals surface area contributed by atoms with Gasteiger partial charge in [0.25, 0.3) is 0 Å². The van der Waals surface area contributed by atoms with Gasteiger partial charge in [0.05, 0.1) is 0 Å². The van der Waals surface area contributed by atoms with Crippen molar-refractivity contribution in [3.8, 4) is 0 Å². The molecule has 1 unspecified atom stereocenters. The summed E-state index contributed by atoms with van der Waals surface area (Å²) in [4.78, 5) is 10.9. The molecule has 3 nitrogen and oxygen atoms in total. The first kappa shape index (κ1) is 9.68. The lowest BCUT2D eigenvalue weighted by atomic mass is 10.2. The lowest BCUT2D eigenvalue weighted by molar-refractivity contribution is -0.119. The molecule has 1 aromatic heterocycles. The molecule has 4 heteroatoms. The zero-order chi connectivity index (χ0) is 9.80. The van der Waals surface area contributed by atoms with Crippen LogP contribution in [0.15, 0.2) is 16.8 Å². The van der Waals surface area contributed by atoms with Crippen molar-refractivity contribution in [3.05, 3.63) is 22.4 Å². The number of carbonyl (C=O) groups is 1. The average Bonchev–Trinajstić information content (AvgIpc) is 2.77. The molecule has 2 heterocycles. The first-order valence-corrected chi connectivity index (χ1v) is 5.80. The maximum Gasteiger partial charge on any atom is 0.221 e. The van der Waals surface area contributed by atoms with Gasteiger partial charge in [0.1, 0.15) is 0 Å². The van der Waals surface area contributed by atoms with Crippen LogP contribution in [0.4, 0.5) is 0 Å². The second-order valence-electron chi connectivity index (χ2n) is 3.54. The summed E-state index contributed by atoms with van der Waals surface area (Å²) in [6, 6.07) is 2.48. The second kappa shape index (κ2) is 4.57. The molecular weight excluding hydrogens is 196 g/mol. The Labute approximate surface area is 87.5 Å². The summed E-state index contributed by atoms with van der Waals surface area (Å²) in [5.41, 5.74) is 1.37. The van der Waals surface area contributed by atoms with Gasteiger partial charge >= 0.3 is 0 Å². The van der Waals surface area contributed by atoms with E-state index >= 15 is 0 Å². The van der Waals surface area contributed by atoms with E-state index in [1.165, 1.54) is 5.56 Å². The highest BCUT2D eigenvalue weighted by Crippen LogP contribution is 2.06. The number of hydrogen-bond acceptors (Lipinski definition) is 3. The first-order valence-electron chi connectivity index (χ1n) is 4.86. The SMILES string of the molecule is O=C1CC(NCCc2ccsc2)CN1. The highest BCUT2D eigenvalue weighted by Gasteiger charge is 2.19. The lowest BCUT2D eigenvalue weighted by Gasteiger charge is -2.08. The van der Waals surface area contributed by atoms with Crippen LogP contribution in [-0.2, 0) is 11.2 Å². The van der Waals surface area contributed by atoms with E-state index in [4.69, 9.17) is 0 Å². The standard InChI is InChI=1S/C10H14N2OS/c13-10-5-9(6-12-10)11-3-1-8-2-4-14-7-8/h2,4,7,9,11H,1,3,5-6H2,(H,12,13). The maximum atomic E-state index is 10.9. The minimum atomic E-state index is 0.165. The van der Waals surface area contributed by atoms with Gasteiger partial charge in [-0.15, -0.1) is 0 Å². The minimum absolute atomic E-state index is 0.165. The van der Waals surface area contributed by atoms with E-state index in [9.17, 15) is 4.79 Å². The van der Waals surface area contributed by atoms with Gasteiger partial charge < -0.3 is 10.6 Å². The molecule has 1 aliphatic heterocycles. The van der Waals surface area contributed by atoms with Gasteiger partial charge in [0.15, 0.2) is 0 Å². The molecule has 1 atom stereocenters. The van der Waals surface area contributed by atoms with Crippen molar-refractivity contribution >= 4 is 17.2 Å². The molecule has 76 valence electrons. The summed E-state index contributed by atoms with van der Waals surface area (Å²) in [7, 11) is 0. The fraction of sp³-hybridized carbons (Fsp3) is 0.500. The van der Waals surface area contributed by atoms with E-state index in [2.05, 4.69) is 27.5 Å². The van der Waals surface area contributed by atoms with Crippen molar-refractivity contribution in [3.63, 3.8) is 0 Å². The fourth-order valence-corrected chi connectivity index (χ4v) is 2.31. The molecule has 1 aliphatic rings. The topological polar surface area (TPSA) is 41.1 Å². The van der Waals surface area contributed by atoms with Crippen LogP contribution in [-0.4, -0.2) is 25.0 Å². The van der Waals surface area contributed by atoms with Crippen molar-refractivity contribution in [2.75, 3.05) is 13.1 Å². The third-order valence-electron chi connectivity index (χ3n) is 2.40. The molecule has 1 fully saturated rings. The Kier molecular flexibility index (Phi) is 3.16. The Morgan fingerprint density at radius 2 is 2.57 bits per heavy atom. The van der Waals surface area contributed by atoms with Crippen molar-refractivity contribution in [2.24, 2.45) is 0 Å². The molecule has 0 aromatic carbocycles. The molecule has 0 bridgehead atoms. The van der Waals surface area contributed by atoms with Gasteiger partial charge in [-0.1, -0.05) is 0 Å². The number of rotatable bonds is 4. The van der Waals surface area contributed by atoms with Crippen LogP contribution in [0, 0.1) is 0 Å². The molecule has 1 aromatic rings. The van der Waals surface area contributed by atoms with E-state index in [1.807, 2.05) is 0 Å². The smallest absolute Gasteiger partial charge is 0.221 e. The summed E-state index contributed by atoms with van der Waals surface area (Å²) in [6.45, 7) is 1.73. The molecule has 2 rings (SSSR count). The zero-order valence-corrected chi connectivity index (χ0v) is 8.77. The largest absolute Gasteiger partial charge is 0.354 e. The van der Waals surface area contributed by atoms with E-state index in [0.29, 0.717) is 12.5 Å². The Morgan fingerprint density at radius 3 is 3.21 bits per heavy atom. The molecule has 2 N–H and O–H groups in total. The van der Waals surface area contributed by atoms with Crippen LogP contribution in [0.1, 0.15) is 12.0 Å². The summed E-state index contributed by atoms with van der Waals surface area (Å²) in [5, 5.41) is 10.4. The van der Waals surface area contributed by atoms with Crippen LogP contribution in [0.25, 0.3) is 0 Å². The van der Waals surface area contributed by atoms with Crippen molar-refractivity contribution < 1.29 is 4.79 Å². The van der Waals surface area contributed by atoms with Gasteiger partial charge in [-0.05, 0) is 35.4 Å². The third-order valence-corrected chi connectivity index (χ3v) is 3.14. The third kappa shape index (κ3) is 2.56. The van der Waals surface area contributed by atoms with Gasteiger partial charge in [-0.2, -0.15) is 11.3 Å². The van der Waals surface area contributed by atoms with Crippen molar-refractivity contribution in [1.29, 1.82) is 0 Å². The summed E-state index contributed by atoms with van der Waals surface area (Å²) in [5.74, 6) is 0.165. The van der Waals surface area contributed by atoms with E-state index < -0.39 is 0 Å². The number of thiophene rings is 1. The molecule has 0 radical (unpaired) electrons. The highest BCUT2D eigenvalue weighted by atomic mass is 32.1. The Balaban J connectivity index is 1.66. The van der Waals surface area contributed by atoms with Crippen LogP contribution in [0.3, 0.4) is 0 Å². The molecule has 1 saturated heterocycles. The van der Waals surface area contributed by atoms with Gasteiger partial charge in [-0.3, -0.25) is 4.79 Å². The number of carbonyl (C=O) groups excluding carboxylic acids is 1. The predicted molar refractivity (Wildman–Crippen MR) is 57.4 cm³/mol. The maximum absolute atomic E-state index is 10.9. The molecular formula is C10H14N2OS. The zero-order valence-electron chi connectivity index (χ0n) is 7.95. The van der Waals surface area contributed by atoms with Crippen LogP contribution in [0.5, 0.6) is 0 Å². The molecule has 0 saturated carbocycles. The van der Waals surface area contributed by atoms with Crippen LogP contribution in [0.2, 0.25) is 0 Å². The monoisotopic (exact) mass is 210 g/mol. The second-order valence-corrected chi connectivity index (χ2v) is 4.32. The number of hydrogen-bond donors (Lipinski definition) is 2. The number of nitrogens with one attached hydrogen (secondary N) is 2. The molecule has 14 heavy (non-hydrogen) atoms. The van der Waals surface area contributed by atoms with Gasteiger partial charge in [0, 0.05) is 19.0 Å². The van der Waals surface area contributed by atoms with Crippen molar-refractivity contribution in [2.45, 2.75) is 18.9 Å². The summed E-state index contributed by atoms with van der Waals surface area (Å²) >= 11 is 1.73. The van der Waals surface area contributed by atoms with Crippen LogP contribution < -0.4 is 10.6 Å². The summed E-state index contributed by atoms with van der Waals surface area (Å²) < 4.78 is 0. The molecule has 1 amide bonds. The van der Waals surface area contributed by atoms with Crippen molar-refractivity contribution in [1.82, 2.24) is 10.6 Å².